The van der Waals surface area contributed by atoms with Gasteiger partial charge in [-0.2, -0.15) is 0 Å². The fraction of sp³-hybridized carbons (Fsp3) is 0.500. The molecule has 0 aliphatic heterocycles. The van der Waals surface area contributed by atoms with E-state index in [4.69, 9.17) is 9.47 Å². The predicted molar refractivity (Wildman–Crippen MR) is 102 cm³/mol. The van der Waals surface area contributed by atoms with Crippen LogP contribution in [0.1, 0.15) is 50.5 Å². The van der Waals surface area contributed by atoms with Crippen molar-refractivity contribution in [1.29, 1.82) is 0 Å². The van der Waals surface area contributed by atoms with Crippen LogP contribution in [0, 0.1) is 11.8 Å². The number of allylic oxidation sites excluding steroid dienone is 2. The second-order valence-electron chi connectivity index (χ2n) is 6.68. The molecule has 0 amide bonds. The summed E-state index contributed by atoms with van der Waals surface area (Å²) in [5, 5.41) is 0. The Kier molecular flexibility index (Phi) is 7.30. The van der Waals surface area contributed by atoms with Gasteiger partial charge in [0, 0.05) is 24.7 Å². The van der Waals surface area contributed by atoms with Crippen LogP contribution in [0.4, 0.5) is 0 Å². The molecular weight excluding hydrogens is 312 g/mol. The van der Waals surface area contributed by atoms with Gasteiger partial charge in [0.25, 0.3) is 0 Å². The largest absolute Gasteiger partial charge is 0.501 e. The van der Waals surface area contributed by atoms with E-state index in [1.165, 1.54) is 0 Å². The van der Waals surface area contributed by atoms with Gasteiger partial charge in [0.05, 0.1) is 20.0 Å². The van der Waals surface area contributed by atoms with Crippen molar-refractivity contribution in [2.45, 2.75) is 44.9 Å². The average Bonchev–Trinajstić information content (AvgIpc) is 2.65. The molecule has 1 aromatic carbocycles. The van der Waals surface area contributed by atoms with Crippen LogP contribution in [0.5, 0.6) is 5.75 Å². The lowest BCUT2D eigenvalue weighted by Gasteiger charge is -2.35. The third kappa shape index (κ3) is 4.75. The second kappa shape index (κ2) is 9.45. The highest BCUT2D eigenvalue weighted by Gasteiger charge is 2.36. The van der Waals surface area contributed by atoms with Crippen LogP contribution in [0.3, 0.4) is 0 Å². The molecule has 3 heteroatoms. The molecule has 1 saturated carbocycles. The van der Waals surface area contributed by atoms with Crippen molar-refractivity contribution in [3.8, 4) is 5.75 Å². The molecule has 0 N–H and O–H groups in total. The topological polar surface area (TPSA) is 35.5 Å². The van der Waals surface area contributed by atoms with E-state index in [1.807, 2.05) is 18.2 Å². The van der Waals surface area contributed by atoms with Crippen molar-refractivity contribution in [2.75, 3.05) is 14.2 Å². The average molecular weight is 342 g/mol. The molecule has 1 aromatic rings. The third-order valence-electron chi connectivity index (χ3n) is 5.26. The van der Waals surface area contributed by atoms with Gasteiger partial charge in [-0.3, -0.25) is 4.79 Å². The first kappa shape index (κ1) is 19.3. The van der Waals surface area contributed by atoms with E-state index >= 15 is 0 Å². The van der Waals surface area contributed by atoms with Crippen LogP contribution >= 0.6 is 0 Å². The number of rotatable bonds is 8. The summed E-state index contributed by atoms with van der Waals surface area (Å²) < 4.78 is 10.8. The van der Waals surface area contributed by atoms with Gasteiger partial charge in [0.2, 0.25) is 0 Å². The van der Waals surface area contributed by atoms with Gasteiger partial charge in [-0.25, -0.2) is 0 Å². The molecule has 3 atom stereocenters. The molecule has 0 aromatic heterocycles. The first-order chi connectivity index (χ1) is 12.1. The molecule has 0 spiro atoms. The first-order valence-corrected chi connectivity index (χ1v) is 9.16. The van der Waals surface area contributed by atoms with Crippen molar-refractivity contribution in [2.24, 2.45) is 11.8 Å². The van der Waals surface area contributed by atoms with Gasteiger partial charge >= 0.3 is 0 Å². The standard InChI is InChI=1S/C22H30O3/c1-5-8-19(25-4)15-20(17-11-13-18(24-3)14-12-17)22-16(6-2)9-7-10-21(22)23/h5,11-16,20,22H,1,6-10H2,2-4H3/b19-15-/t16-,20-,22-/m0/s1. The summed E-state index contributed by atoms with van der Waals surface area (Å²) in [6, 6.07) is 8.06. The third-order valence-corrected chi connectivity index (χ3v) is 5.26. The Morgan fingerprint density at radius 1 is 1.32 bits per heavy atom. The summed E-state index contributed by atoms with van der Waals surface area (Å²) >= 11 is 0. The minimum Gasteiger partial charge on any atom is -0.501 e. The summed E-state index contributed by atoms with van der Waals surface area (Å²) in [7, 11) is 3.34. The van der Waals surface area contributed by atoms with Crippen LogP contribution in [0.15, 0.2) is 48.8 Å². The maximum Gasteiger partial charge on any atom is 0.137 e. The Morgan fingerprint density at radius 3 is 2.60 bits per heavy atom. The number of ketones is 1. The number of carbonyl (C=O) groups is 1. The summed E-state index contributed by atoms with van der Waals surface area (Å²) in [4.78, 5) is 12.8. The normalized spacial score (nSPS) is 22.4. The number of carbonyl (C=O) groups excluding carboxylic acids is 1. The van der Waals surface area contributed by atoms with E-state index in [0.29, 0.717) is 24.5 Å². The molecule has 0 saturated heterocycles. The monoisotopic (exact) mass is 342 g/mol. The molecule has 0 bridgehead atoms. The van der Waals surface area contributed by atoms with Crippen molar-refractivity contribution in [3.05, 3.63) is 54.3 Å². The van der Waals surface area contributed by atoms with E-state index in [2.05, 4.69) is 31.7 Å². The molecule has 1 aliphatic rings. The quantitative estimate of drug-likeness (QED) is 0.476. The van der Waals surface area contributed by atoms with Crippen LogP contribution in [0.25, 0.3) is 0 Å². The van der Waals surface area contributed by atoms with Gasteiger partial charge in [0.15, 0.2) is 0 Å². The smallest absolute Gasteiger partial charge is 0.137 e. The van der Waals surface area contributed by atoms with Gasteiger partial charge in [0.1, 0.15) is 11.5 Å². The Balaban J connectivity index is 2.45. The van der Waals surface area contributed by atoms with E-state index < -0.39 is 0 Å². The minimum atomic E-state index is 0.0158. The SMILES string of the molecule is C=CC/C(=C/[C@@H](c1ccc(OC)cc1)[C@H]1C(=O)CCC[C@@H]1CC)OC. The number of hydrogen-bond donors (Lipinski definition) is 0. The summed E-state index contributed by atoms with van der Waals surface area (Å²) in [5.41, 5.74) is 1.14. The Morgan fingerprint density at radius 2 is 2.04 bits per heavy atom. The molecule has 0 heterocycles. The van der Waals surface area contributed by atoms with Gasteiger partial charge in [-0.15, -0.1) is 6.58 Å². The van der Waals surface area contributed by atoms with Crippen molar-refractivity contribution >= 4 is 5.78 Å². The highest BCUT2D eigenvalue weighted by molar-refractivity contribution is 5.83. The molecule has 25 heavy (non-hydrogen) atoms. The summed E-state index contributed by atoms with van der Waals surface area (Å²) in [6.07, 6.45) is 8.47. The van der Waals surface area contributed by atoms with Gasteiger partial charge < -0.3 is 9.47 Å². The highest BCUT2D eigenvalue weighted by Crippen LogP contribution is 2.41. The molecule has 0 radical (unpaired) electrons. The number of Topliss-reactive ketones (excluding diaryl/α,β-unsaturated/α-hetero) is 1. The van der Waals surface area contributed by atoms with Crippen molar-refractivity contribution < 1.29 is 14.3 Å². The van der Waals surface area contributed by atoms with Crippen molar-refractivity contribution in [1.82, 2.24) is 0 Å². The molecule has 3 nitrogen and oxygen atoms in total. The van der Waals surface area contributed by atoms with Crippen LogP contribution in [0.2, 0.25) is 0 Å². The fourth-order valence-electron chi connectivity index (χ4n) is 3.89. The number of methoxy groups -OCH3 is 2. The van der Waals surface area contributed by atoms with Crippen molar-refractivity contribution in [3.63, 3.8) is 0 Å². The van der Waals surface area contributed by atoms with Gasteiger partial charge in [-0.1, -0.05) is 31.6 Å². The molecule has 136 valence electrons. The molecule has 2 rings (SSSR count). The number of benzene rings is 1. The van der Waals surface area contributed by atoms with E-state index in [1.54, 1.807) is 14.2 Å². The maximum atomic E-state index is 12.8. The van der Waals surface area contributed by atoms with Crippen LogP contribution in [-0.4, -0.2) is 20.0 Å². The highest BCUT2D eigenvalue weighted by atomic mass is 16.5. The number of ether oxygens (including phenoxy) is 2. The number of hydrogen-bond acceptors (Lipinski definition) is 3. The second-order valence-corrected chi connectivity index (χ2v) is 6.68. The fourth-order valence-corrected chi connectivity index (χ4v) is 3.89. The molecule has 0 unspecified atom stereocenters. The molecule has 1 fully saturated rings. The lowest BCUT2D eigenvalue weighted by atomic mass is 9.68. The van der Waals surface area contributed by atoms with E-state index in [-0.39, 0.29) is 11.8 Å². The lowest BCUT2D eigenvalue weighted by Crippen LogP contribution is -2.33. The zero-order valence-corrected chi connectivity index (χ0v) is 15.7. The Hall–Kier alpha value is -2.03. The zero-order chi connectivity index (χ0) is 18.2. The molecular formula is C22H30O3. The minimum absolute atomic E-state index is 0.0158. The van der Waals surface area contributed by atoms with Gasteiger partial charge in [-0.05, 0) is 42.5 Å². The summed E-state index contributed by atoms with van der Waals surface area (Å²) in [5.74, 6) is 2.53. The van der Waals surface area contributed by atoms with E-state index in [0.717, 1.165) is 36.3 Å². The van der Waals surface area contributed by atoms with Crippen LogP contribution in [-0.2, 0) is 9.53 Å². The lowest BCUT2D eigenvalue weighted by molar-refractivity contribution is -0.127. The predicted octanol–water partition coefficient (Wildman–Crippen LogP) is 5.28. The first-order valence-electron chi connectivity index (χ1n) is 9.16. The maximum absolute atomic E-state index is 12.8. The Bertz CT molecular complexity index is 600. The van der Waals surface area contributed by atoms with E-state index in [9.17, 15) is 4.79 Å². The molecule has 1 aliphatic carbocycles. The zero-order valence-electron chi connectivity index (χ0n) is 15.7. The summed E-state index contributed by atoms with van der Waals surface area (Å²) in [6.45, 7) is 5.99. The van der Waals surface area contributed by atoms with Crippen LogP contribution < -0.4 is 4.74 Å². The Labute approximate surface area is 151 Å².